The fraction of sp³-hybridized carbons (Fsp3) is 0.107. The van der Waals surface area contributed by atoms with E-state index in [1.807, 2.05) is 31.2 Å². The second kappa shape index (κ2) is 12.1. The van der Waals surface area contributed by atoms with Gasteiger partial charge in [0.05, 0.1) is 34.1 Å². The monoisotopic (exact) mass is 602 g/mol. The summed E-state index contributed by atoms with van der Waals surface area (Å²) in [5, 5.41) is 44.1. The molecule has 0 unspecified atom stereocenters. The van der Waals surface area contributed by atoms with E-state index in [0.717, 1.165) is 17.7 Å². The molecule has 4 aromatic rings. The average Bonchev–Trinajstić information content (AvgIpc) is 2.94. The van der Waals surface area contributed by atoms with E-state index in [2.05, 4.69) is 30.7 Å². The minimum absolute atomic E-state index is 0.198. The number of carboxylic acid groups (broad SMARTS) is 1. The molecule has 0 aliphatic heterocycles. The standard InChI is InChI=1S/C28H26N8O6S/c1-14-4-6-17(7-5-14)31-35-22-11-16(3)24(29)26(25(22)30)36-32-18-8-9-21(15(2)10-18)34-33-19-12-20(28(38)39)27(37)23(13-19)43(40,41)42/h4-13,37H,29-30H2,1-3H3,(H,38,39)(H,40,41,42)/b34-33-,35-31-,36-32-. The Labute approximate surface area is 245 Å². The van der Waals surface area contributed by atoms with Crippen molar-refractivity contribution in [3.63, 3.8) is 0 Å². The molecule has 0 fully saturated rings. The van der Waals surface area contributed by atoms with Gasteiger partial charge in [0, 0.05) is 0 Å². The predicted octanol–water partition coefficient (Wildman–Crippen LogP) is 7.67. The molecule has 7 N–H and O–H groups in total. The van der Waals surface area contributed by atoms with Crippen LogP contribution in [0.5, 0.6) is 5.75 Å². The Bertz CT molecular complexity index is 1940. The highest BCUT2D eigenvalue weighted by Gasteiger charge is 2.23. The van der Waals surface area contributed by atoms with E-state index in [0.29, 0.717) is 39.6 Å². The van der Waals surface area contributed by atoms with E-state index in [1.54, 1.807) is 38.1 Å². The van der Waals surface area contributed by atoms with Crippen LogP contribution in [0.15, 0.2) is 96.2 Å². The van der Waals surface area contributed by atoms with Crippen LogP contribution in [0.3, 0.4) is 0 Å². The van der Waals surface area contributed by atoms with E-state index in [9.17, 15) is 28.0 Å². The van der Waals surface area contributed by atoms with Gasteiger partial charge in [-0.1, -0.05) is 17.7 Å². The quantitative estimate of drug-likeness (QED) is 0.0759. The molecule has 0 saturated carbocycles. The number of carbonyl (C=O) groups is 1. The van der Waals surface area contributed by atoms with Crippen molar-refractivity contribution >= 4 is 61.6 Å². The third-order valence-corrected chi connectivity index (χ3v) is 7.03. The molecule has 0 heterocycles. The first-order chi connectivity index (χ1) is 20.2. The fourth-order valence-electron chi connectivity index (χ4n) is 3.77. The predicted molar refractivity (Wildman–Crippen MR) is 160 cm³/mol. The van der Waals surface area contributed by atoms with Crippen LogP contribution in [0.2, 0.25) is 0 Å². The smallest absolute Gasteiger partial charge is 0.339 e. The van der Waals surface area contributed by atoms with Crippen LogP contribution < -0.4 is 11.5 Å². The Hall–Kier alpha value is -5.54. The minimum atomic E-state index is -4.93. The first-order valence-electron chi connectivity index (χ1n) is 12.4. The number of hydrogen-bond donors (Lipinski definition) is 5. The highest BCUT2D eigenvalue weighted by Crippen LogP contribution is 2.41. The maximum Gasteiger partial charge on any atom is 0.339 e. The molecule has 0 saturated heterocycles. The second-order valence-electron chi connectivity index (χ2n) is 9.42. The number of anilines is 2. The number of hydrogen-bond acceptors (Lipinski definition) is 12. The number of azo groups is 3. The van der Waals surface area contributed by atoms with Crippen molar-refractivity contribution in [1.29, 1.82) is 0 Å². The summed E-state index contributed by atoms with van der Waals surface area (Å²) in [6.45, 7) is 5.46. The van der Waals surface area contributed by atoms with Crippen molar-refractivity contribution in [1.82, 2.24) is 0 Å². The van der Waals surface area contributed by atoms with Gasteiger partial charge in [-0.05, 0) is 80.4 Å². The molecule has 0 amide bonds. The van der Waals surface area contributed by atoms with Gasteiger partial charge < -0.3 is 21.7 Å². The summed E-state index contributed by atoms with van der Waals surface area (Å²) in [7, 11) is -4.93. The number of carboxylic acids is 1. The van der Waals surface area contributed by atoms with Crippen LogP contribution in [0.1, 0.15) is 27.0 Å². The molecule has 0 aliphatic rings. The molecule has 15 heteroatoms. The molecule has 43 heavy (non-hydrogen) atoms. The molecular weight excluding hydrogens is 576 g/mol. The summed E-state index contributed by atoms with van der Waals surface area (Å²) in [5.74, 6) is -2.74. The zero-order chi connectivity index (χ0) is 31.5. The van der Waals surface area contributed by atoms with Gasteiger partial charge in [0.15, 0.2) is 5.75 Å². The SMILES string of the molecule is Cc1ccc(/N=N\c2cc(C)c(N)c(/N=N\c3ccc(/N=N\c4cc(C(=O)O)c(O)c(S(=O)(=O)O)c4)c(C)c3)c2N)cc1. The van der Waals surface area contributed by atoms with Gasteiger partial charge in [0.1, 0.15) is 21.8 Å². The van der Waals surface area contributed by atoms with Crippen molar-refractivity contribution in [2.24, 2.45) is 30.7 Å². The Balaban J connectivity index is 1.61. The van der Waals surface area contributed by atoms with Gasteiger partial charge in [-0.15, -0.1) is 10.2 Å². The van der Waals surface area contributed by atoms with E-state index in [-0.39, 0.29) is 17.1 Å². The topological polar surface area (TPSA) is 238 Å². The van der Waals surface area contributed by atoms with Crippen molar-refractivity contribution in [2.75, 3.05) is 11.5 Å². The van der Waals surface area contributed by atoms with E-state index < -0.39 is 32.3 Å². The molecule has 4 rings (SSSR count). The van der Waals surface area contributed by atoms with Crippen molar-refractivity contribution in [2.45, 2.75) is 25.7 Å². The number of nitrogen functional groups attached to an aromatic ring is 2. The number of phenols is 1. The first kappa shape index (κ1) is 30.4. The molecule has 0 bridgehead atoms. The maximum atomic E-state index is 11.6. The lowest BCUT2D eigenvalue weighted by atomic mass is 10.1. The van der Waals surface area contributed by atoms with Crippen molar-refractivity contribution < 1.29 is 28.0 Å². The van der Waals surface area contributed by atoms with Crippen LogP contribution in [0, 0.1) is 20.8 Å². The number of nitrogens with zero attached hydrogens (tertiary/aromatic N) is 6. The van der Waals surface area contributed by atoms with E-state index >= 15 is 0 Å². The van der Waals surface area contributed by atoms with E-state index in [1.165, 1.54) is 0 Å². The zero-order valence-corrected chi connectivity index (χ0v) is 23.9. The summed E-state index contributed by atoms with van der Waals surface area (Å²) in [5.41, 5.74) is 16.5. The van der Waals surface area contributed by atoms with Gasteiger partial charge in [-0.3, -0.25) is 4.55 Å². The molecular formula is C28H26N8O6S. The molecule has 220 valence electrons. The third kappa shape index (κ3) is 7.03. The highest BCUT2D eigenvalue weighted by molar-refractivity contribution is 7.86. The van der Waals surface area contributed by atoms with Gasteiger partial charge in [-0.2, -0.15) is 28.9 Å². The zero-order valence-electron chi connectivity index (χ0n) is 23.1. The fourth-order valence-corrected chi connectivity index (χ4v) is 4.40. The second-order valence-corrected chi connectivity index (χ2v) is 10.8. The summed E-state index contributed by atoms with van der Waals surface area (Å²) in [6.07, 6.45) is 0. The van der Waals surface area contributed by atoms with Crippen molar-refractivity contribution in [3.05, 3.63) is 82.9 Å². The lowest BCUT2D eigenvalue weighted by molar-refractivity contribution is 0.0693. The Morgan fingerprint density at radius 3 is 1.93 bits per heavy atom. The number of aromatic hydroxyl groups is 1. The molecule has 0 atom stereocenters. The number of benzene rings is 4. The molecule has 4 aromatic carbocycles. The number of aromatic carboxylic acids is 1. The Morgan fingerprint density at radius 2 is 1.30 bits per heavy atom. The maximum absolute atomic E-state index is 11.6. The number of rotatable bonds is 8. The first-order valence-corrected chi connectivity index (χ1v) is 13.9. The molecule has 0 spiro atoms. The minimum Gasteiger partial charge on any atom is -0.506 e. The third-order valence-electron chi connectivity index (χ3n) is 6.16. The summed E-state index contributed by atoms with van der Waals surface area (Å²) >= 11 is 0. The average molecular weight is 603 g/mol. The summed E-state index contributed by atoms with van der Waals surface area (Å²) in [6, 6.07) is 15.7. The molecule has 0 aliphatic carbocycles. The van der Waals surface area contributed by atoms with Gasteiger partial charge in [0.2, 0.25) is 0 Å². The lowest BCUT2D eigenvalue weighted by Crippen LogP contribution is -2.04. The van der Waals surface area contributed by atoms with Crippen LogP contribution in [0.4, 0.5) is 45.5 Å². The summed E-state index contributed by atoms with van der Waals surface area (Å²) < 4.78 is 32.5. The Morgan fingerprint density at radius 1 is 0.698 bits per heavy atom. The van der Waals surface area contributed by atoms with Gasteiger partial charge in [-0.25, -0.2) is 4.79 Å². The molecule has 0 aromatic heterocycles. The summed E-state index contributed by atoms with van der Waals surface area (Å²) in [4.78, 5) is 10.4. The highest BCUT2D eigenvalue weighted by atomic mass is 32.2. The van der Waals surface area contributed by atoms with Gasteiger partial charge in [0.25, 0.3) is 10.1 Å². The molecule has 0 radical (unpaired) electrons. The molecule has 14 nitrogen and oxygen atoms in total. The van der Waals surface area contributed by atoms with Gasteiger partial charge >= 0.3 is 5.97 Å². The van der Waals surface area contributed by atoms with Crippen molar-refractivity contribution in [3.8, 4) is 5.75 Å². The Kier molecular flexibility index (Phi) is 8.59. The van der Waals surface area contributed by atoms with Crippen LogP contribution in [0.25, 0.3) is 0 Å². The number of nitrogens with two attached hydrogens (primary N) is 2. The normalized spacial score (nSPS) is 12.1. The lowest BCUT2D eigenvalue weighted by Gasteiger charge is -2.09. The largest absolute Gasteiger partial charge is 0.506 e. The van der Waals surface area contributed by atoms with Crippen LogP contribution in [-0.2, 0) is 10.1 Å². The van der Waals surface area contributed by atoms with Crippen LogP contribution >= 0.6 is 0 Å². The van der Waals surface area contributed by atoms with Crippen LogP contribution in [-0.4, -0.2) is 29.2 Å². The number of aryl methyl sites for hydroxylation is 3. The van der Waals surface area contributed by atoms with E-state index in [4.69, 9.17) is 11.5 Å².